The average molecular weight is 677 g/mol. The fourth-order valence-electron chi connectivity index (χ4n) is 4.88. The van der Waals surface area contributed by atoms with Crippen molar-refractivity contribution in [2.24, 2.45) is 0 Å². The SMILES string of the molecule is Cc1ccc(S(=O)(=O)n2c3ccc(Cl)cc3c3cc(Nc4cc(F)c(Cl)cc4Cl)cc(CCNC(=O)OC(C)(C)C)c32)cc1. The molecule has 0 radical (unpaired) electrons. The molecule has 0 saturated carbocycles. The van der Waals surface area contributed by atoms with E-state index in [-0.39, 0.29) is 33.6 Å². The number of carbonyl (C=O) groups excluding carboxylic acids is 1. The van der Waals surface area contributed by atoms with Crippen molar-refractivity contribution >= 4 is 84.1 Å². The Hall–Kier alpha value is -3.50. The number of hydrogen-bond donors (Lipinski definition) is 2. The highest BCUT2D eigenvalue weighted by Crippen LogP contribution is 2.39. The van der Waals surface area contributed by atoms with Gasteiger partial charge < -0.3 is 15.4 Å². The minimum Gasteiger partial charge on any atom is -0.444 e. The number of rotatable bonds is 7. The second-order valence-electron chi connectivity index (χ2n) is 11.3. The van der Waals surface area contributed by atoms with E-state index in [9.17, 15) is 17.6 Å². The molecule has 0 atom stereocenters. The van der Waals surface area contributed by atoms with Crippen LogP contribution in [-0.2, 0) is 21.2 Å². The number of benzene rings is 4. The monoisotopic (exact) mass is 675 g/mol. The maximum absolute atomic E-state index is 14.4. The standard InChI is InChI=1S/C32H29Cl3FN3O4S/c1-18-5-8-22(9-6-18)44(41,42)39-29-10-7-20(33)14-23(29)24-15-21(38-28-17-27(36)25(34)16-26(28)35)13-19(30(24)39)11-12-37-31(40)43-32(2,3)4/h5-10,13-17,38H,11-12H2,1-4H3,(H,37,40). The van der Waals surface area contributed by atoms with E-state index in [0.717, 1.165) is 5.56 Å². The predicted octanol–water partition coefficient (Wildman–Crippen LogP) is 9.25. The highest BCUT2D eigenvalue weighted by molar-refractivity contribution is 7.90. The summed E-state index contributed by atoms with van der Waals surface area (Å²) in [6, 6.07) is 17.6. The lowest BCUT2D eigenvalue weighted by Gasteiger charge is -2.20. The second kappa shape index (κ2) is 12.1. The number of amides is 1. The first-order valence-electron chi connectivity index (χ1n) is 13.6. The van der Waals surface area contributed by atoms with Gasteiger partial charge in [0.15, 0.2) is 0 Å². The summed E-state index contributed by atoms with van der Waals surface area (Å²) >= 11 is 18.7. The lowest BCUT2D eigenvalue weighted by Crippen LogP contribution is -2.33. The summed E-state index contributed by atoms with van der Waals surface area (Å²) < 4.78 is 49.5. The summed E-state index contributed by atoms with van der Waals surface area (Å²) in [7, 11) is -4.10. The molecule has 12 heteroatoms. The molecular weight excluding hydrogens is 648 g/mol. The Kier molecular flexibility index (Phi) is 8.79. The minimum atomic E-state index is -4.10. The van der Waals surface area contributed by atoms with E-state index < -0.39 is 27.5 Å². The lowest BCUT2D eigenvalue weighted by atomic mass is 10.0. The van der Waals surface area contributed by atoms with Crippen LogP contribution < -0.4 is 10.6 Å². The molecule has 5 rings (SSSR count). The Morgan fingerprint density at radius 1 is 0.932 bits per heavy atom. The Bertz CT molecular complexity index is 2020. The first-order valence-corrected chi connectivity index (χ1v) is 16.2. The van der Waals surface area contributed by atoms with Gasteiger partial charge in [-0.25, -0.2) is 21.6 Å². The molecule has 1 aromatic heterocycles. The van der Waals surface area contributed by atoms with Gasteiger partial charge in [-0.15, -0.1) is 0 Å². The number of alkyl carbamates (subject to hydrolysis) is 1. The molecule has 0 spiro atoms. The summed E-state index contributed by atoms with van der Waals surface area (Å²) in [4.78, 5) is 12.5. The van der Waals surface area contributed by atoms with Crippen molar-refractivity contribution in [1.29, 1.82) is 0 Å². The third kappa shape index (κ3) is 6.61. The number of halogens is 4. The molecule has 230 valence electrons. The molecule has 4 aromatic carbocycles. The molecule has 0 aliphatic rings. The van der Waals surface area contributed by atoms with Crippen LogP contribution in [0.1, 0.15) is 31.9 Å². The third-order valence-electron chi connectivity index (χ3n) is 6.77. The molecule has 2 N–H and O–H groups in total. The summed E-state index contributed by atoms with van der Waals surface area (Å²) in [6.45, 7) is 7.29. The van der Waals surface area contributed by atoms with Crippen molar-refractivity contribution in [3.8, 4) is 0 Å². The minimum absolute atomic E-state index is 0.111. The molecule has 44 heavy (non-hydrogen) atoms. The number of nitrogens with one attached hydrogen (secondary N) is 2. The number of hydrogen-bond acceptors (Lipinski definition) is 5. The molecule has 1 heterocycles. The Labute approximate surface area is 269 Å². The van der Waals surface area contributed by atoms with Crippen molar-refractivity contribution in [1.82, 2.24) is 9.29 Å². The maximum atomic E-state index is 14.4. The highest BCUT2D eigenvalue weighted by atomic mass is 35.5. The number of carbonyl (C=O) groups is 1. The molecular formula is C32H29Cl3FN3O4S. The van der Waals surface area contributed by atoms with Crippen molar-refractivity contribution < 1.29 is 22.3 Å². The van der Waals surface area contributed by atoms with E-state index in [2.05, 4.69) is 10.6 Å². The summed E-state index contributed by atoms with van der Waals surface area (Å²) in [6.07, 6.45) is -0.382. The number of fused-ring (bicyclic) bond motifs is 3. The van der Waals surface area contributed by atoms with Crippen LogP contribution in [0.5, 0.6) is 0 Å². The molecule has 5 aromatic rings. The van der Waals surface area contributed by atoms with Gasteiger partial charge >= 0.3 is 6.09 Å². The fraction of sp³-hybridized carbons (Fsp3) is 0.219. The first-order chi connectivity index (χ1) is 20.6. The zero-order valence-corrected chi connectivity index (χ0v) is 27.3. The summed E-state index contributed by atoms with van der Waals surface area (Å²) in [5, 5.41) is 7.51. The normalized spacial score (nSPS) is 12.1. The van der Waals surface area contributed by atoms with Crippen molar-refractivity contribution in [3.63, 3.8) is 0 Å². The van der Waals surface area contributed by atoms with E-state index in [4.69, 9.17) is 39.5 Å². The Balaban J connectivity index is 1.72. The number of anilines is 2. The van der Waals surface area contributed by atoms with Gasteiger partial charge in [-0.05, 0) is 88.2 Å². The maximum Gasteiger partial charge on any atom is 0.407 e. The van der Waals surface area contributed by atoms with Gasteiger partial charge in [-0.3, -0.25) is 0 Å². The molecule has 7 nitrogen and oxygen atoms in total. The quantitative estimate of drug-likeness (QED) is 0.168. The number of aromatic nitrogens is 1. The topological polar surface area (TPSA) is 89.4 Å². The lowest BCUT2D eigenvalue weighted by molar-refractivity contribution is 0.0528. The zero-order valence-electron chi connectivity index (χ0n) is 24.3. The van der Waals surface area contributed by atoms with Gasteiger partial charge in [0.1, 0.15) is 11.4 Å². The van der Waals surface area contributed by atoms with Crippen LogP contribution in [0.3, 0.4) is 0 Å². The fourth-order valence-corrected chi connectivity index (χ4v) is 7.04. The van der Waals surface area contributed by atoms with Crippen LogP contribution in [0.15, 0.2) is 71.6 Å². The van der Waals surface area contributed by atoms with E-state index in [0.29, 0.717) is 38.1 Å². The van der Waals surface area contributed by atoms with Gasteiger partial charge in [-0.1, -0.05) is 52.5 Å². The van der Waals surface area contributed by atoms with Crippen molar-refractivity contribution in [2.45, 2.75) is 44.6 Å². The number of nitrogens with zero attached hydrogens (tertiary/aromatic N) is 1. The molecule has 1 amide bonds. The average Bonchev–Trinajstić information content (AvgIpc) is 3.25. The third-order valence-corrected chi connectivity index (χ3v) is 9.34. The van der Waals surface area contributed by atoms with Crippen molar-refractivity contribution in [2.75, 3.05) is 11.9 Å². The van der Waals surface area contributed by atoms with E-state index in [1.165, 1.54) is 16.1 Å². The highest BCUT2D eigenvalue weighted by Gasteiger charge is 2.26. The van der Waals surface area contributed by atoms with Gasteiger partial charge in [0.25, 0.3) is 10.0 Å². The van der Waals surface area contributed by atoms with Crippen LogP contribution in [0.4, 0.5) is 20.6 Å². The van der Waals surface area contributed by atoms with Gasteiger partial charge in [0, 0.05) is 34.1 Å². The van der Waals surface area contributed by atoms with Crippen LogP contribution >= 0.6 is 34.8 Å². The summed E-state index contributed by atoms with van der Waals surface area (Å²) in [5.41, 5.74) is 2.39. The molecule has 0 unspecified atom stereocenters. The van der Waals surface area contributed by atoms with E-state index >= 15 is 0 Å². The largest absolute Gasteiger partial charge is 0.444 e. The van der Waals surface area contributed by atoms with Crippen LogP contribution in [-0.4, -0.2) is 30.6 Å². The molecule has 0 aliphatic carbocycles. The molecule has 0 fully saturated rings. The van der Waals surface area contributed by atoms with E-state index in [1.54, 1.807) is 75.4 Å². The molecule has 0 aliphatic heterocycles. The Morgan fingerprint density at radius 3 is 2.32 bits per heavy atom. The summed E-state index contributed by atoms with van der Waals surface area (Å²) in [5.74, 6) is -0.658. The van der Waals surface area contributed by atoms with E-state index in [1.807, 2.05) is 6.92 Å². The van der Waals surface area contributed by atoms with Gasteiger partial charge in [0.05, 0.1) is 31.7 Å². The van der Waals surface area contributed by atoms with Gasteiger partial charge in [0.2, 0.25) is 0 Å². The van der Waals surface area contributed by atoms with Crippen molar-refractivity contribution in [3.05, 3.63) is 98.7 Å². The number of aryl methyl sites for hydroxylation is 1. The predicted molar refractivity (Wildman–Crippen MR) is 176 cm³/mol. The zero-order chi connectivity index (χ0) is 32.0. The van der Waals surface area contributed by atoms with Crippen LogP contribution in [0, 0.1) is 12.7 Å². The smallest absolute Gasteiger partial charge is 0.407 e. The van der Waals surface area contributed by atoms with Crippen LogP contribution in [0.2, 0.25) is 15.1 Å². The molecule has 0 saturated heterocycles. The first kappa shape index (κ1) is 31.9. The molecule has 0 bridgehead atoms. The van der Waals surface area contributed by atoms with Crippen LogP contribution in [0.25, 0.3) is 21.8 Å². The van der Waals surface area contributed by atoms with Gasteiger partial charge in [-0.2, -0.15) is 0 Å². The second-order valence-corrected chi connectivity index (χ2v) is 14.4. The Morgan fingerprint density at radius 2 is 1.64 bits per heavy atom. The number of ether oxygens (including phenoxy) is 1.